The Labute approximate surface area is 237 Å². The maximum absolute atomic E-state index is 13.2. The second-order valence-corrected chi connectivity index (χ2v) is 13.5. The third-order valence-electron chi connectivity index (χ3n) is 6.67. The number of nitrogens with one attached hydrogen (secondary N) is 2. The quantitative estimate of drug-likeness (QED) is 0.382. The number of carbonyl (C=O) groups is 2. The number of alkyl carbamates (subject to hydrolysis) is 1. The van der Waals surface area contributed by atoms with Crippen LogP contribution in [-0.4, -0.2) is 80.1 Å². The molecule has 2 aromatic carbocycles. The van der Waals surface area contributed by atoms with Gasteiger partial charge in [-0.25, -0.2) is 13.2 Å². The van der Waals surface area contributed by atoms with Crippen LogP contribution in [0.2, 0.25) is 5.02 Å². The highest BCUT2D eigenvalue weighted by Gasteiger charge is 2.37. The number of fused-ring (bicyclic) bond motifs is 1. The molecule has 0 aromatic heterocycles. The summed E-state index contributed by atoms with van der Waals surface area (Å²) in [5.74, 6) is -0.214. The molecule has 2 amide bonds. The van der Waals surface area contributed by atoms with Crippen LogP contribution in [0.4, 0.5) is 4.79 Å². The van der Waals surface area contributed by atoms with Crippen LogP contribution in [0, 0.1) is 0 Å². The van der Waals surface area contributed by atoms with Crippen molar-refractivity contribution in [3.8, 4) is 0 Å². The Kier molecular flexibility index (Phi) is 10.3. The van der Waals surface area contributed by atoms with E-state index in [2.05, 4.69) is 28.8 Å². The number of sulfonamides is 1. The van der Waals surface area contributed by atoms with Gasteiger partial charge in [0.15, 0.2) is 0 Å². The first kappa shape index (κ1) is 31.1. The molecule has 0 radical (unpaired) electrons. The van der Waals surface area contributed by atoms with E-state index in [0.717, 1.165) is 23.7 Å². The molecule has 11 heteroatoms. The van der Waals surface area contributed by atoms with Gasteiger partial charge in [0.2, 0.25) is 15.9 Å². The summed E-state index contributed by atoms with van der Waals surface area (Å²) in [7, 11) is -3.88. The van der Waals surface area contributed by atoms with Crippen LogP contribution < -0.4 is 10.0 Å². The Morgan fingerprint density at radius 1 is 1.15 bits per heavy atom. The van der Waals surface area contributed by atoms with Crippen LogP contribution in [0.25, 0.3) is 10.8 Å². The molecule has 1 aliphatic rings. The monoisotopic (exact) mass is 580 g/mol. The lowest BCUT2D eigenvalue weighted by molar-refractivity contribution is -0.131. The highest BCUT2D eigenvalue weighted by molar-refractivity contribution is 7.89. The molecule has 1 heterocycles. The van der Waals surface area contributed by atoms with E-state index in [1.807, 2.05) is 27.7 Å². The third-order valence-corrected chi connectivity index (χ3v) is 8.38. The van der Waals surface area contributed by atoms with Crippen molar-refractivity contribution in [2.24, 2.45) is 0 Å². The Morgan fingerprint density at radius 3 is 2.49 bits per heavy atom. The number of hydrogen-bond donors (Lipinski definition) is 2. The van der Waals surface area contributed by atoms with Crippen molar-refractivity contribution >= 4 is 44.4 Å². The van der Waals surface area contributed by atoms with Gasteiger partial charge in [-0.1, -0.05) is 23.7 Å². The topological polar surface area (TPSA) is 108 Å². The SMILES string of the molecule is CC(C)N(CCCNC(=O)OC(C)(C)C)C[C@H](C)N1CC[C@H](NS(=O)(=O)c2ccc3cc(Cl)ccc3c2)C1=O. The second kappa shape index (κ2) is 12.8. The van der Waals surface area contributed by atoms with Gasteiger partial charge in [0, 0.05) is 43.3 Å². The first-order chi connectivity index (χ1) is 18.2. The molecule has 0 bridgehead atoms. The summed E-state index contributed by atoms with van der Waals surface area (Å²) in [6.45, 7) is 14.0. The zero-order valence-electron chi connectivity index (χ0n) is 23.7. The molecule has 0 unspecified atom stereocenters. The summed E-state index contributed by atoms with van der Waals surface area (Å²) in [4.78, 5) is 29.2. The van der Waals surface area contributed by atoms with Crippen molar-refractivity contribution in [2.75, 3.05) is 26.2 Å². The van der Waals surface area contributed by atoms with Gasteiger partial charge in [0.25, 0.3) is 0 Å². The van der Waals surface area contributed by atoms with Crippen LogP contribution in [0.5, 0.6) is 0 Å². The van der Waals surface area contributed by atoms with Crippen LogP contribution >= 0.6 is 11.6 Å². The van der Waals surface area contributed by atoms with E-state index >= 15 is 0 Å². The smallest absolute Gasteiger partial charge is 0.407 e. The van der Waals surface area contributed by atoms with E-state index in [-0.39, 0.29) is 22.9 Å². The molecular weight excluding hydrogens is 540 g/mol. The first-order valence-electron chi connectivity index (χ1n) is 13.4. The molecule has 1 aliphatic heterocycles. The van der Waals surface area contributed by atoms with Gasteiger partial charge >= 0.3 is 6.09 Å². The molecule has 39 heavy (non-hydrogen) atoms. The maximum Gasteiger partial charge on any atom is 0.407 e. The molecule has 3 rings (SSSR count). The van der Waals surface area contributed by atoms with Gasteiger partial charge in [-0.3, -0.25) is 9.69 Å². The molecule has 2 atom stereocenters. The molecule has 1 saturated heterocycles. The number of halogens is 1. The minimum absolute atomic E-state index is 0.0985. The molecule has 0 spiro atoms. The average Bonchev–Trinajstić information content (AvgIpc) is 3.18. The van der Waals surface area contributed by atoms with Crippen LogP contribution in [0.1, 0.15) is 54.4 Å². The lowest BCUT2D eigenvalue weighted by atomic mass is 10.1. The summed E-state index contributed by atoms with van der Waals surface area (Å²) in [6.07, 6.45) is 0.710. The number of benzene rings is 2. The fourth-order valence-electron chi connectivity index (χ4n) is 4.65. The second-order valence-electron chi connectivity index (χ2n) is 11.4. The predicted molar refractivity (Wildman–Crippen MR) is 154 cm³/mol. The van der Waals surface area contributed by atoms with E-state index in [9.17, 15) is 18.0 Å². The van der Waals surface area contributed by atoms with E-state index in [1.165, 1.54) is 6.07 Å². The van der Waals surface area contributed by atoms with Crippen molar-refractivity contribution in [1.29, 1.82) is 0 Å². The molecular formula is C28H41ClN4O5S. The molecule has 2 N–H and O–H groups in total. The van der Waals surface area contributed by atoms with E-state index in [0.29, 0.717) is 31.1 Å². The van der Waals surface area contributed by atoms with Crippen molar-refractivity contribution in [3.63, 3.8) is 0 Å². The van der Waals surface area contributed by atoms with Crippen molar-refractivity contribution in [2.45, 2.75) is 83.0 Å². The largest absolute Gasteiger partial charge is 0.444 e. The number of carbonyl (C=O) groups excluding carboxylic acids is 2. The summed E-state index contributed by atoms with van der Waals surface area (Å²) < 4.78 is 34.1. The zero-order valence-corrected chi connectivity index (χ0v) is 25.2. The van der Waals surface area contributed by atoms with Crippen molar-refractivity contribution in [3.05, 3.63) is 41.4 Å². The van der Waals surface area contributed by atoms with E-state index in [1.54, 1.807) is 35.2 Å². The van der Waals surface area contributed by atoms with Gasteiger partial charge in [-0.15, -0.1) is 0 Å². The number of nitrogens with zero attached hydrogens (tertiary/aromatic N) is 2. The van der Waals surface area contributed by atoms with E-state index < -0.39 is 27.8 Å². The van der Waals surface area contributed by atoms with Gasteiger partial charge in [0.1, 0.15) is 11.6 Å². The zero-order chi connectivity index (χ0) is 29.0. The summed E-state index contributed by atoms with van der Waals surface area (Å²) in [5.41, 5.74) is -0.540. The van der Waals surface area contributed by atoms with Crippen LogP contribution in [-0.2, 0) is 19.6 Å². The molecule has 1 fully saturated rings. The summed E-state index contributed by atoms with van der Waals surface area (Å²) in [5, 5.41) is 4.95. The molecule has 0 saturated carbocycles. The Morgan fingerprint density at radius 2 is 1.82 bits per heavy atom. The highest BCUT2D eigenvalue weighted by atomic mass is 35.5. The number of amides is 2. The van der Waals surface area contributed by atoms with Crippen LogP contribution in [0.15, 0.2) is 41.3 Å². The summed E-state index contributed by atoms with van der Waals surface area (Å²) >= 11 is 6.03. The minimum atomic E-state index is -3.88. The standard InChI is InChI=1S/C28H41ClN4O5S/c1-19(2)32(14-7-13-30-27(35)38-28(4,5)6)18-20(3)33-15-12-25(26(33)34)31-39(36,37)24-11-9-21-16-23(29)10-8-22(21)17-24/h8-11,16-17,19-20,25,31H,7,12-15,18H2,1-6H3,(H,30,35)/t20-,25-/m0/s1. The lowest BCUT2D eigenvalue weighted by Gasteiger charge is -2.33. The fourth-order valence-corrected chi connectivity index (χ4v) is 6.09. The van der Waals surface area contributed by atoms with E-state index in [4.69, 9.17) is 16.3 Å². The normalized spacial score (nSPS) is 17.3. The Balaban J connectivity index is 1.55. The minimum Gasteiger partial charge on any atom is -0.444 e. The highest BCUT2D eigenvalue weighted by Crippen LogP contribution is 2.24. The van der Waals surface area contributed by atoms with Gasteiger partial charge in [-0.2, -0.15) is 4.72 Å². The number of hydrogen-bond acceptors (Lipinski definition) is 6. The fraction of sp³-hybridized carbons (Fsp3) is 0.571. The molecule has 216 valence electrons. The molecule has 0 aliphatic carbocycles. The van der Waals surface area contributed by atoms with Crippen molar-refractivity contribution in [1.82, 2.24) is 19.8 Å². The maximum atomic E-state index is 13.2. The lowest BCUT2D eigenvalue weighted by Crippen LogP contribution is -2.48. The third kappa shape index (κ3) is 8.79. The predicted octanol–water partition coefficient (Wildman–Crippen LogP) is 4.39. The number of likely N-dealkylation sites (tertiary alicyclic amines) is 1. The van der Waals surface area contributed by atoms with Gasteiger partial charge < -0.3 is 15.0 Å². The van der Waals surface area contributed by atoms with Crippen LogP contribution in [0.3, 0.4) is 0 Å². The Hall–Kier alpha value is -2.40. The average molecular weight is 581 g/mol. The number of ether oxygens (including phenoxy) is 1. The van der Waals surface area contributed by atoms with Crippen molar-refractivity contribution < 1.29 is 22.7 Å². The van der Waals surface area contributed by atoms with Gasteiger partial charge in [-0.05, 0) is 89.4 Å². The molecule has 2 aromatic rings. The van der Waals surface area contributed by atoms with Gasteiger partial charge in [0.05, 0.1) is 4.90 Å². The Bertz CT molecular complexity index is 1280. The number of rotatable bonds is 11. The summed E-state index contributed by atoms with van der Waals surface area (Å²) in [6, 6.07) is 9.43. The molecule has 9 nitrogen and oxygen atoms in total. The first-order valence-corrected chi connectivity index (χ1v) is 15.3.